The molecule has 0 spiro atoms. The van der Waals surface area contributed by atoms with Gasteiger partial charge in [0.2, 0.25) is 0 Å². The molecule has 2 heterocycles. The Hall–Kier alpha value is -3.10. The number of nitrogens with zero attached hydrogens (tertiary/aromatic N) is 2. The van der Waals surface area contributed by atoms with E-state index in [1.54, 1.807) is 12.3 Å². The van der Waals surface area contributed by atoms with Gasteiger partial charge in [0.05, 0.1) is 10.3 Å². The predicted octanol–water partition coefficient (Wildman–Crippen LogP) is 4.28. The lowest BCUT2D eigenvalue weighted by Gasteiger charge is -2.13. The molecule has 3 rings (SSSR count). The Labute approximate surface area is 126 Å². The molecule has 0 amide bonds. The topological polar surface area (TPSA) is 81.1 Å². The highest BCUT2D eigenvalue weighted by Gasteiger charge is 2.36. The SMILES string of the molecule is O=[N+]([O-])c1ccc(Oc2ccnc3[nH]ccc23)c(C(F)(F)F)c1. The Morgan fingerprint density at radius 2 is 1.96 bits per heavy atom. The van der Waals surface area contributed by atoms with Gasteiger partial charge in [0.1, 0.15) is 22.7 Å². The lowest BCUT2D eigenvalue weighted by molar-refractivity contribution is -0.385. The third-order valence-electron chi connectivity index (χ3n) is 3.12. The van der Waals surface area contributed by atoms with Crippen LogP contribution in [0.1, 0.15) is 5.56 Å². The van der Waals surface area contributed by atoms with Crippen molar-refractivity contribution in [3.63, 3.8) is 0 Å². The molecule has 23 heavy (non-hydrogen) atoms. The van der Waals surface area contributed by atoms with Gasteiger partial charge in [0.25, 0.3) is 5.69 Å². The summed E-state index contributed by atoms with van der Waals surface area (Å²) < 4.78 is 44.7. The van der Waals surface area contributed by atoms with Crippen LogP contribution in [0.3, 0.4) is 0 Å². The van der Waals surface area contributed by atoms with Crippen LogP contribution in [0.5, 0.6) is 11.5 Å². The molecule has 1 aromatic carbocycles. The largest absolute Gasteiger partial charge is 0.456 e. The number of non-ortho nitro benzene ring substituents is 1. The van der Waals surface area contributed by atoms with Crippen molar-refractivity contribution in [2.45, 2.75) is 6.18 Å². The Morgan fingerprint density at radius 1 is 1.17 bits per heavy atom. The highest BCUT2D eigenvalue weighted by atomic mass is 19.4. The molecule has 0 saturated carbocycles. The normalized spacial score (nSPS) is 11.6. The second-order valence-corrected chi connectivity index (χ2v) is 4.59. The number of alkyl halides is 3. The summed E-state index contributed by atoms with van der Waals surface area (Å²) in [5, 5.41) is 11.2. The van der Waals surface area contributed by atoms with Crippen molar-refractivity contribution in [3.8, 4) is 11.5 Å². The molecule has 0 saturated heterocycles. The maximum atomic E-state index is 13.1. The number of ether oxygens (including phenoxy) is 1. The number of nitro groups is 1. The summed E-state index contributed by atoms with van der Waals surface area (Å²) in [6.07, 6.45) is -1.83. The first-order chi connectivity index (χ1) is 10.9. The summed E-state index contributed by atoms with van der Waals surface area (Å²) in [5.41, 5.74) is -1.42. The molecule has 1 N–H and O–H groups in total. The summed E-state index contributed by atoms with van der Waals surface area (Å²) >= 11 is 0. The number of hydrogen-bond acceptors (Lipinski definition) is 4. The molecule has 3 aromatic rings. The first-order valence-electron chi connectivity index (χ1n) is 6.32. The van der Waals surface area contributed by atoms with Crippen LogP contribution in [-0.2, 0) is 6.18 Å². The van der Waals surface area contributed by atoms with Crippen molar-refractivity contribution in [2.75, 3.05) is 0 Å². The zero-order chi connectivity index (χ0) is 16.6. The van der Waals surface area contributed by atoms with Gasteiger partial charge in [-0.3, -0.25) is 10.1 Å². The lowest BCUT2D eigenvalue weighted by Crippen LogP contribution is -2.08. The minimum absolute atomic E-state index is 0.163. The van der Waals surface area contributed by atoms with Crippen LogP contribution in [0.15, 0.2) is 42.7 Å². The lowest BCUT2D eigenvalue weighted by atomic mass is 10.1. The second kappa shape index (κ2) is 5.27. The average Bonchev–Trinajstić information content (AvgIpc) is 2.96. The average molecular weight is 323 g/mol. The molecule has 118 valence electrons. The number of aromatic nitrogens is 2. The molecule has 6 nitrogen and oxygen atoms in total. The van der Waals surface area contributed by atoms with Gasteiger partial charge < -0.3 is 9.72 Å². The smallest absolute Gasteiger partial charge is 0.420 e. The van der Waals surface area contributed by atoms with Crippen molar-refractivity contribution < 1.29 is 22.8 Å². The van der Waals surface area contributed by atoms with Gasteiger partial charge in [-0.1, -0.05) is 0 Å². The van der Waals surface area contributed by atoms with E-state index in [2.05, 4.69) is 9.97 Å². The molecule has 0 unspecified atom stereocenters. The number of fused-ring (bicyclic) bond motifs is 1. The quantitative estimate of drug-likeness (QED) is 0.576. The fourth-order valence-electron chi connectivity index (χ4n) is 2.09. The number of pyridine rings is 1. The van der Waals surface area contributed by atoms with Crippen molar-refractivity contribution >= 4 is 16.7 Å². The van der Waals surface area contributed by atoms with Gasteiger partial charge in [0, 0.05) is 24.5 Å². The highest BCUT2D eigenvalue weighted by Crippen LogP contribution is 2.41. The first kappa shape index (κ1) is 14.8. The number of aromatic amines is 1. The molecule has 2 aromatic heterocycles. The van der Waals surface area contributed by atoms with E-state index in [9.17, 15) is 23.3 Å². The van der Waals surface area contributed by atoms with E-state index in [-0.39, 0.29) is 5.75 Å². The second-order valence-electron chi connectivity index (χ2n) is 4.59. The van der Waals surface area contributed by atoms with Crippen LogP contribution in [-0.4, -0.2) is 14.9 Å². The van der Waals surface area contributed by atoms with E-state index in [1.165, 1.54) is 12.3 Å². The minimum atomic E-state index is -4.79. The molecular weight excluding hydrogens is 315 g/mol. The molecule has 0 fully saturated rings. The number of hydrogen-bond donors (Lipinski definition) is 1. The maximum Gasteiger partial charge on any atom is 0.420 e. The number of halogens is 3. The molecule has 0 aliphatic heterocycles. The van der Waals surface area contributed by atoms with Crippen LogP contribution >= 0.6 is 0 Å². The molecule has 9 heteroatoms. The molecule has 0 aliphatic rings. The van der Waals surface area contributed by atoms with Crippen LogP contribution in [0.4, 0.5) is 18.9 Å². The third-order valence-corrected chi connectivity index (χ3v) is 3.12. The van der Waals surface area contributed by atoms with E-state index < -0.39 is 28.1 Å². The number of rotatable bonds is 3. The first-order valence-corrected chi connectivity index (χ1v) is 6.32. The van der Waals surface area contributed by atoms with Gasteiger partial charge in [-0.05, 0) is 18.2 Å². The van der Waals surface area contributed by atoms with E-state index in [1.807, 2.05) is 0 Å². The number of nitrogens with one attached hydrogen (secondary N) is 1. The summed E-state index contributed by atoms with van der Waals surface area (Å²) in [7, 11) is 0. The van der Waals surface area contributed by atoms with E-state index >= 15 is 0 Å². The maximum absolute atomic E-state index is 13.1. The summed E-state index contributed by atoms with van der Waals surface area (Å²) in [6, 6.07) is 5.36. The predicted molar refractivity (Wildman–Crippen MR) is 74.3 cm³/mol. The number of nitro benzene ring substituents is 1. The van der Waals surface area contributed by atoms with Crippen LogP contribution in [0.2, 0.25) is 0 Å². The Morgan fingerprint density at radius 3 is 2.65 bits per heavy atom. The van der Waals surface area contributed by atoms with Crippen LogP contribution in [0.25, 0.3) is 11.0 Å². The van der Waals surface area contributed by atoms with E-state index in [0.717, 1.165) is 12.1 Å². The fraction of sp³-hybridized carbons (Fsp3) is 0.0714. The zero-order valence-corrected chi connectivity index (χ0v) is 11.3. The molecule has 0 atom stereocenters. The fourth-order valence-corrected chi connectivity index (χ4v) is 2.09. The Balaban J connectivity index is 2.09. The summed E-state index contributed by atoms with van der Waals surface area (Å²) in [4.78, 5) is 16.6. The Bertz CT molecular complexity index is 890. The molecular formula is C14H8F3N3O3. The van der Waals surface area contributed by atoms with Gasteiger partial charge in [-0.2, -0.15) is 13.2 Å². The Kier molecular flexibility index (Phi) is 3.40. The van der Waals surface area contributed by atoms with Gasteiger partial charge in [-0.15, -0.1) is 0 Å². The van der Waals surface area contributed by atoms with Crippen LogP contribution in [0, 0.1) is 10.1 Å². The molecule has 0 aliphatic carbocycles. The zero-order valence-electron chi connectivity index (χ0n) is 11.3. The monoisotopic (exact) mass is 323 g/mol. The number of H-pyrrole nitrogens is 1. The van der Waals surface area contributed by atoms with Crippen molar-refractivity contribution in [2.24, 2.45) is 0 Å². The van der Waals surface area contributed by atoms with Gasteiger partial charge in [0.15, 0.2) is 0 Å². The summed E-state index contributed by atoms with van der Waals surface area (Å²) in [5.74, 6) is -0.354. The highest BCUT2D eigenvalue weighted by molar-refractivity contribution is 5.82. The number of benzene rings is 1. The van der Waals surface area contributed by atoms with E-state index in [0.29, 0.717) is 17.1 Å². The van der Waals surface area contributed by atoms with Crippen molar-refractivity contribution in [1.82, 2.24) is 9.97 Å². The van der Waals surface area contributed by atoms with Crippen molar-refractivity contribution in [1.29, 1.82) is 0 Å². The minimum Gasteiger partial charge on any atom is -0.456 e. The standard InChI is InChI=1S/C14H8F3N3O3/c15-14(16,17)10-7-8(20(21)22)1-2-12(10)23-11-4-6-19-13-9(11)3-5-18-13/h1-7H,(H,18,19). The molecule has 0 bridgehead atoms. The van der Waals surface area contributed by atoms with Gasteiger partial charge >= 0.3 is 6.18 Å². The van der Waals surface area contributed by atoms with Gasteiger partial charge in [-0.25, -0.2) is 4.98 Å². The summed E-state index contributed by atoms with van der Waals surface area (Å²) in [6.45, 7) is 0. The van der Waals surface area contributed by atoms with Crippen LogP contribution < -0.4 is 4.74 Å². The third kappa shape index (κ3) is 2.80. The van der Waals surface area contributed by atoms with Crippen molar-refractivity contribution in [3.05, 3.63) is 58.4 Å². The molecule has 0 radical (unpaired) electrons. The van der Waals surface area contributed by atoms with E-state index in [4.69, 9.17) is 4.74 Å².